The number of primary amides is 1. The van der Waals surface area contributed by atoms with E-state index in [0.717, 1.165) is 0 Å². The van der Waals surface area contributed by atoms with Gasteiger partial charge in [-0.05, 0) is 5.92 Å². The van der Waals surface area contributed by atoms with Crippen molar-refractivity contribution in [2.45, 2.75) is 19.8 Å². The largest absolute Gasteiger partial charge is 0.365 e. The van der Waals surface area contributed by atoms with Gasteiger partial charge in [0.15, 0.2) is 0 Å². The first kappa shape index (κ1) is 10.2. The van der Waals surface area contributed by atoms with Gasteiger partial charge < -0.3 is 10.7 Å². The Balaban J connectivity index is 3.61. The molecule has 6 nitrogen and oxygen atoms in total. The fourth-order valence-corrected chi connectivity index (χ4v) is 1.18. The molecule has 0 aliphatic heterocycles. The molecule has 0 spiro atoms. The molecule has 1 aromatic rings. The summed E-state index contributed by atoms with van der Waals surface area (Å²) in [5.41, 5.74) is 3.73. The van der Waals surface area contributed by atoms with Gasteiger partial charge >= 0.3 is 5.69 Å². The second-order valence-electron chi connectivity index (χ2n) is 3.22. The van der Waals surface area contributed by atoms with Crippen LogP contribution in [0.25, 0.3) is 0 Å². The maximum absolute atomic E-state index is 11.2. The van der Waals surface area contributed by atoms with Crippen molar-refractivity contribution in [1.29, 1.82) is 0 Å². The number of carbonyl (C=O) groups is 1. The van der Waals surface area contributed by atoms with Crippen LogP contribution >= 0.6 is 0 Å². The van der Waals surface area contributed by atoms with E-state index in [4.69, 9.17) is 5.73 Å². The molecule has 6 heteroatoms. The molecule has 0 unspecified atom stereocenters. The Bertz CT molecular complexity index is 469. The van der Waals surface area contributed by atoms with Gasteiger partial charge in [0.2, 0.25) is 0 Å². The summed E-state index contributed by atoms with van der Waals surface area (Å²) in [5, 5.41) is 0. The highest BCUT2D eigenvalue weighted by molar-refractivity contribution is 5.93. The lowest BCUT2D eigenvalue weighted by Crippen LogP contribution is -2.33. The Morgan fingerprint density at radius 2 is 1.86 bits per heavy atom. The topological polar surface area (TPSA) is 109 Å². The molecule has 1 rings (SSSR count). The van der Waals surface area contributed by atoms with E-state index < -0.39 is 17.2 Å². The molecule has 14 heavy (non-hydrogen) atoms. The average molecular weight is 197 g/mol. The van der Waals surface area contributed by atoms with Crippen molar-refractivity contribution in [3.63, 3.8) is 0 Å². The first-order valence-corrected chi connectivity index (χ1v) is 4.09. The number of rotatable bonds is 2. The van der Waals surface area contributed by atoms with Gasteiger partial charge in [0.25, 0.3) is 11.5 Å². The van der Waals surface area contributed by atoms with Gasteiger partial charge in [-0.25, -0.2) is 4.79 Å². The van der Waals surface area contributed by atoms with Crippen LogP contribution in [0.3, 0.4) is 0 Å². The molecule has 0 saturated heterocycles. The standard InChI is InChI=1S/C8H11N3O3/c1-3(2)5-4(6(9)12)7(13)11-8(14)10-5/h3H,1-2H3,(H2,9,12)(H2,10,11,13,14). The normalized spacial score (nSPS) is 10.5. The van der Waals surface area contributed by atoms with E-state index in [1.807, 2.05) is 4.98 Å². The highest BCUT2D eigenvalue weighted by atomic mass is 16.2. The molecule has 0 bridgehead atoms. The molecule has 0 aliphatic rings. The molecule has 0 radical (unpaired) electrons. The number of hydrogen-bond acceptors (Lipinski definition) is 3. The first-order valence-electron chi connectivity index (χ1n) is 4.09. The number of aromatic nitrogens is 2. The van der Waals surface area contributed by atoms with Crippen LogP contribution in [0.15, 0.2) is 9.59 Å². The molecule has 1 amide bonds. The van der Waals surface area contributed by atoms with E-state index >= 15 is 0 Å². The fraction of sp³-hybridized carbons (Fsp3) is 0.375. The number of amides is 1. The fourth-order valence-electron chi connectivity index (χ4n) is 1.18. The molecule has 0 fully saturated rings. The lowest BCUT2D eigenvalue weighted by molar-refractivity contribution is 0.0997. The zero-order valence-corrected chi connectivity index (χ0v) is 7.88. The molecule has 1 aromatic heterocycles. The molecule has 76 valence electrons. The smallest absolute Gasteiger partial charge is 0.325 e. The third kappa shape index (κ3) is 1.73. The number of nitrogens with one attached hydrogen (secondary N) is 2. The SMILES string of the molecule is CC(C)c1[nH]c(=O)[nH]c(=O)c1C(N)=O. The predicted molar refractivity (Wildman–Crippen MR) is 50.3 cm³/mol. The lowest BCUT2D eigenvalue weighted by atomic mass is 10.0. The van der Waals surface area contributed by atoms with E-state index in [0.29, 0.717) is 0 Å². The zero-order valence-electron chi connectivity index (χ0n) is 7.88. The van der Waals surface area contributed by atoms with Crippen molar-refractivity contribution >= 4 is 5.91 Å². The Morgan fingerprint density at radius 3 is 2.29 bits per heavy atom. The van der Waals surface area contributed by atoms with E-state index in [9.17, 15) is 14.4 Å². The zero-order chi connectivity index (χ0) is 10.9. The van der Waals surface area contributed by atoms with Crippen LogP contribution in [0.2, 0.25) is 0 Å². The van der Waals surface area contributed by atoms with Gasteiger partial charge in [0, 0.05) is 5.69 Å². The molecular formula is C8H11N3O3. The minimum Gasteiger partial charge on any atom is -0.365 e. The van der Waals surface area contributed by atoms with Crippen LogP contribution in [0.4, 0.5) is 0 Å². The molecule has 0 saturated carbocycles. The van der Waals surface area contributed by atoms with Gasteiger partial charge in [0.05, 0.1) is 0 Å². The summed E-state index contributed by atoms with van der Waals surface area (Å²) in [6.07, 6.45) is 0. The van der Waals surface area contributed by atoms with E-state index in [-0.39, 0.29) is 17.2 Å². The van der Waals surface area contributed by atoms with Crippen molar-refractivity contribution in [3.8, 4) is 0 Å². The van der Waals surface area contributed by atoms with Gasteiger partial charge in [-0.3, -0.25) is 14.6 Å². The van der Waals surface area contributed by atoms with Crippen LogP contribution in [0, 0.1) is 0 Å². The highest BCUT2D eigenvalue weighted by Crippen LogP contribution is 2.11. The van der Waals surface area contributed by atoms with Crippen molar-refractivity contribution in [3.05, 3.63) is 32.1 Å². The maximum atomic E-state index is 11.2. The number of carbonyl (C=O) groups excluding carboxylic acids is 1. The van der Waals surface area contributed by atoms with Crippen molar-refractivity contribution < 1.29 is 4.79 Å². The quantitative estimate of drug-likeness (QED) is 0.582. The Hall–Kier alpha value is -1.85. The molecule has 4 N–H and O–H groups in total. The number of aromatic amines is 2. The average Bonchev–Trinajstić information content (AvgIpc) is 2.01. The van der Waals surface area contributed by atoms with Gasteiger partial charge in [-0.1, -0.05) is 13.8 Å². The summed E-state index contributed by atoms with van der Waals surface area (Å²) in [5.74, 6) is -0.987. The van der Waals surface area contributed by atoms with Gasteiger partial charge in [-0.2, -0.15) is 0 Å². The molecule has 0 atom stereocenters. The minimum absolute atomic E-state index is 0.146. The third-order valence-electron chi connectivity index (χ3n) is 1.80. The van der Waals surface area contributed by atoms with Crippen LogP contribution in [-0.4, -0.2) is 15.9 Å². The Morgan fingerprint density at radius 1 is 1.29 bits per heavy atom. The summed E-state index contributed by atoms with van der Waals surface area (Å²) in [7, 11) is 0. The Labute approximate surface area is 79.2 Å². The summed E-state index contributed by atoms with van der Waals surface area (Å²) in [6, 6.07) is 0. The number of nitrogens with two attached hydrogens (primary N) is 1. The van der Waals surface area contributed by atoms with E-state index in [2.05, 4.69) is 4.98 Å². The van der Waals surface area contributed by atoms with Gasteiger partial charge in [0.1, 0.15) is 5.56 Å². The second kappa shape index (κ2) is 3.49. The highest BCUT2D eigenvalue weighted by Gasteiger charge is 2.16. The molecule has 1 heterocycles. The summed E-state index contributed by atoms with van der Waals surface area (Å²) in [4.78, 5) is 37.4. The predicted octanol–water partition coefficient (Wildman–Crippen LogP) is -0.714. The number of hydrogen-bond donors (Lipinski definition) is 3. The van der Waals surface area contributed by atoms with Crippen molar-refractivity contribution in [2.75, 3.05) is 0 Å². The van der Waals surface area contributed by atoms with Crippen LogP contribution in [-0.2, 0) is 0 Å². The Kier molecular flexibility index (Phi) is 2.55. The molecule has 0 aromatic carbocycles. The maximum Gasteiger partial charge on any atom is 0.325 e. The van der Waals surface area contributed by atoms with E-state index in [1.54, 1.807) is 13.8 Å². The summed E-state index contributed by atoms with van der Waals surface area (Å²) >= 11 is 0. The van der Waals surface area contributed by atoms with Crippen LogP contribution < -0.4 is 17.0 Å². The first-order chi connectivity index (χ1) is 6.43. The van der Waals surface area contributed by atoms with Gasteiger partial charge in [-0.15, -0.1) is 0 Å². The van der Waals surface area contributed by atoms with E-state index in [1.165, 1.54) is 0 Å². The minimum atomic E-state index is -0.841. The second-order valence-corrected chi connectivity index (χ2v) is 3.22. The number of H-pyrrole nitrogens is 2. The van der Waals surface area contributed by atoms with Crippen molar-refractivity contribution in [1.82, 2.24) is 9.97 Å². The molecular weight excluding hydrogens is 186 g/mol. The monoisotopic (exact) mass is 197 g/mol. The van der Waals surface area contributed by atoms with Crippen molar-refractivity contribution in [2.24, 2.45) is 5.73 Å². The van der Waals surface area contributed by atoms with Crippen LogP contribution in [0.5, 0.6) is 0 Å². The van der Waals surface area contributed by atoms with Crippen LogP contribution in [0.1, 0.15) is 35.8 Å². The molecule has 0 aliphatic carbocycles. The summed E-state index contributed by atoms with van der Waals surface area (Å²) in [6.45, 7) is 3.49. The third-order valence-corrected chi connectivity index (χ3v) is 1.80. The summed E-state index contributed by atoms with van der Waals surface area (Å²) < 4.78 is 0. The lowest BCUT2D eigenvalue weighted by Gasteiger charge is -2.07.